The van der Waals surface area contributed by atoms with Crippen LogP contribution in [-0.4, -0.2) is 66.5 Å². The van der Waals surface area contributed by atoms with Crippen molar-refractivity contribution < 1.29 is 52.2 Å². The van der Waals surface area contributed by atoms with Crippen LogP contribution in [0.3, 0.4) is 0 Å². The Morgan fingerprint density at radius 2 is 0.697 bits per heavy atom. The average molecular weight is 1080 g/mol. The number of rotatable bonds is 53. The molecule has 0 rings (SSSR count). The minimum atomic E-state index is -4.78. The monoisotopic (exact) mass is 1080 g/mol. The van der Waals surface area contributed by atoms with E-state index in [1.54, 1.807) is 0 Å². The molecule has 0 heterocycles. The minimum absolute atomic E-state index is 0.0762. The predicted octanol–water partition coefficient (Wildman–Crippen LogP) is 17.6. The molecule has 11 nitrogen and oxygen atoms in total. The van der Waals surface area contributed by atoms with Crippen LogP contribution in [0.5, 0.6) is 0 Å². The number of ether oxygens (including phenoxy) is 3. The summed E-state index contributed by atoms with van der Waals surface area (Å²) in [4.78, 5) is 48.6. The lowest BCUT2D eigenvalue weighted by atomic mass is 10.0. The summed E-state index contributed by atoms with van der Waals surface area (Å²) in [5.41, 5.74) is 0. The lowest BCUT2D eigenvalue weighted by Gasteiger charge is -2.21. The maximum absolute atomic E-state index is 12.9. The summed E-state index contributed by atoms with van der Waals surface area (Å²) in [7, 11) is -4.78. The number of phosphoric ester groups is 1. The molecule has 0 aromatic rings. The van der Waals surface area contributed by atoms with Gasteiger partial charge in [0.2, 0.25) is 0 Å². The Bertz CT molecular complexity index is 1740. The molecule has 0 aliphatic carbocycles. The number of unbranched alkanes of at least 4 members (excludes halogenated alkanes) is 16. The van der Waals surface area contributed by atoms with Gasteiger partial charge in [0.05, 0.1) is 19.8 Å². The molecule has 0 spiro atoms. The molecule has 12 heteroatoms. The fraction of sp³-hybridized carbons (Fsp3) is 0.641. The summed E-state index contributed by atoms with van der Waals surface area (Å²) in [5, 5.41) is 9.81. The molecular weight excluding hydrogens is 976 g/mol. The third-order valence-corrected chi connectivity index (χ3v) is 12.8. The van der Waals surface area contributed by atoms with E-state index in [1.165, 1.54) is 57.8 Å². The number of aliphatic hydroxyl groups excluding tert-OH is 1. The maximum Gasteiger partial charge on any atom is 0.472 e. The molecule has 0 saturated carbocycles. The van der Waals surface area contributed by atoms with Crippen molar-refractivity contribution in [3.8, 4) is 0 Å². The maximum atomic E-state index is 12.9. The second kappa shape index (κ2) is 57.1. The summed E-state index contributed by atoms with van der Waals surface area (Å²) < 4.78 is 39.5. The number of phosphoric acid groups is 1. The quantitative estimate of drug-likeness (QED) is 0.0197. The predicted molar refractivity (Wildman–Crippen MR) is 316 cm³/mol. The minimum Gasteiger partial charge on any atom is -0.462 e. The highest BCUT2D eigenvalue weighted by Crippen LogP contribution is 2.43. The van der Waals surface area contributed by atoms with Crippen molar-refractivity contribution in [3.63, 3.8) is 0 Å². The van der Waals surface area contributed by atoms with Gasteiger partial charge in [0.15, 0.2) is 6.10 Å². The third kappa shape index (κ3) is 54.7. The number of allylic oxidation sites excluding steroid dienone is 20. The van der Waals surface area contributed by atoms with Crippen molar-refractivity contribution in [2.45, 2.75) is 238 Å². The zero-order valence-corrected chi connectivity index (χ0v) is 48.6. The molecule has 76 heavy (non-hydrogen) atoms. The van der Waals surface area contributed by atoms with Gasteiger partial charge in [-0.1, -0.05) is 226 Å². The van der Waals surface area contributed by atoms with Gasteiger partial charge in [-0.2, -0.15) is 0 Å². The zero-order chi connectivity index (χ0) is 55.5. The van der Waals surface area contributed by atoms with Crippen LogP contribution in [0, 0.1) is 0 Å². The Morgan fingerprint density at radius 1 is 0.382 bits per heavy atom. The summed E-state index contributed by atoms with van der Waals surface area (Å²) in [6.45, 7) is 4.31. The van der Waals surface area contributed by atoms with E-state index in [9.17, 15) is 28.9 Å². The molecule has 0 fully saturated rings. The molecule has 0 radical (unpaired) electrons. The topological polar surface area (TPSA) is 155 Å². The number of esters is 3. The first-order valence-corrected chi connectivity index (χ1v) is 30.9. The SMILES string of the molecule is CC/C=C\C/C=C\C/C=C\C/C=C\C/C=C\CCCCCC(=O)OCC(COP(=O)(O)OCC(CO)OC(=O)CCCCCCCCCCCCCCC)OC(=O)CCC/C=C\C/C=C\C/C=C\C/C=C\C/C=C\CC. The highest BCUT2D eigenvalue weighted by atomic mass is 31.2. The lowest BCUT2D eigenvalue weighted by molar-refractivity contribution is -0.161. The van der Waals surface area contributed by atoms with Crippen molar-refractivity contribution in [2.75, 3.05) is 26.4 Å². The van der Waals surface area contributed by atoms with E-state index < -0.39 is 57.8 Å². The van der Waals surface area contributed by atoms with Gasteiger partial charge in [0, 0.05) is 19.3 Å². The summed E-state index contributed by atoms with van der Waals surface area (Å²) >= 11 is 0. The highest BCUT2D eigenvalue weighted by molar-refractivity contribution is 7.47. The van der Waals surface area contributed by atoms with Crippen LogP contribution >= 0.6 is 7.82 Å². The largest absolute Gasteiger partial charge is 0.472 e. The Morgan fingerprint density at radius 3 is 1.11 bits per heavy atom. The standard InChI is InChI=1S/C64H105O11P/c1-4-7-10-13-16-19-22-25-27-29-30-32-33-36-38-41-44-47-50-53-62(66)71-57-61(75-64(68)55-52-49-46-43-40-37-34-31-28-26-23-20-17-14-11-8-5-2)59-73-76(69,70)72-58-60(56-65)74-63(67)54-51-48-45-42-39-35-24-21-18-15-12-9-6-3/h7-8,10-11,16-17,19-20,25-28,30,32,34,36-38,43,46,60-61,65H,4-6,9,12-15,18,21-24,29,31,33,35,39-42,44-45,47-59H2,1-3H3,(H,69,70)/b10-7-,11-8-,19-16-,20-17-,27-25-,28-26-,32-30-,37-34-,38-36-,46-43-. The van der Waals surface area contributed by atoms with Gasteiger partial charge in [-0.05, 0) is 103 Å². The van der Waals surface area contributed by atoms with Crippen LogP contribution in [0.1, 0.15) is 226 Å². The Kier molecular flexibility index (Phi) is 54.0. The van der Waals surface area contributed by atoms with E-state index in [-0.39, 0.29) is 25.9 Å². The summed E-state index contributed by atoms with van der Waals surface area (Å²) in [6, 6.07) is 0. The van der Waals surface area contributed by atoms with Crippen LogP contribution in [0.15, 0.2) is 122 Å². The lowest BCUT2D eigenvalue weighted by Crippen LogP contribution is -2.30. The Hall–Kier alpha value is -4.12. The normalized spacial score (nSPS) is 14.2. The Labute approximate surface area is 462 Å². The number of hydrogen-bond acceptors (Lipinski definition) is 10. The van der Waals surface area contributed by atoms with Gasteiger partial charge < -0.3 is 24.2 Å². The van der Waals surface area contributed by atoms with E-state index in [2.05, 4.69) is 130 Å². The first-order chi connectivity index (χ1) is 37.2. The molecule has 432 valence electrons. The second-order valence-corrected chi connectivity index (χ2v) is 20.5. The molecular formula is C64H105O11P. The first kappa shape index (κ1) is 71.9. The highest BCUT2D eigenvalue weighted by Gasteiger charge is 2.28. The zero-order valence-electron chi connectivity index (χ0n) is 47.7. The summed E-state index contributed by atoms with van der Waals surface area (Å²) in [5.74, 6) is -1.58. The number of aliphatic hydroxyl groups is 1. The van der Waals surface area contributed by atoms with Gasteiger partial charge >= 0.3 is 25.7 Å². The molecule has 0 aromatic heterocycles. The van der Waals surface area contributed by atoms with E-state index in [4.69, 9.17) is 23.3 Å². The molecule has 3 atom stereocenters. The van der Waals surface area contributed by atoms with E-state index in [1.807, 2.05) is 12.2 Å². The van der Waals surface area contributed by atoms with Gasteiger partial charge in [-0.25, -0.2) is 4.57 Å². The molecule has 0 saturated heterocycles. The van der Waals surface area contributed by atoms with Crippen LogP contribution in [0.2, 0.25) is 0 Å². The number of carbonyl (C=O) groups excluding carboxylic acids is 3. The molecule has 0 aliphatic heterocycles. The second-order valence-electron chi connectivity index (χ2n) is 19.0. The van der Waals surface area contributed by atoms with E-state index >= 15 is 0 Å². The fourth-order valence-electron chi connectivity index (χ4n) is 7.48. The van der Waals surface area contributed by atoms with Gasteiger partial charge in [-0.3, -0.25) is 23.4 Å². The Balaban J connectivity index is 4.88. The van der Waals surface area contributed by atoms with Crippen LogP contribution in [0.4, 0.5) is 0 Å². The molecule has 0 aliphatic rings. The van der Waals surface area contributed by atoms with E-state index in [0.717, 1.165) is 103 Å². The molecule has 0 aromatic carbocycles. The van der Waals surface area contributed by atoms with Crippen LogP contribution in [0.25, 0.3) is 0 Å². The van der Waals surface area contributed by atoms with Gasteiger partial charge in [0.1, 0.15) is 12.7 Å². The third-order valence-electron chi connectivity index (χ3n) is 11.9. The average Bonchev–Trinajstić information content (AvgIpc) is 3.41. The van der Waals surface area contributed by atoms with Crippen molar-refractivity contribution in [1.29, 1.82) is 0 Å². The number of hydrogen-bond donors (Lipinski definition) is 2. The van der Waals surface area contributed by atoms with E-state index in [0.29, 0.717) is 25.7 Å². The smallest absolute Gasteiger partial charge is 0.462 e. The van der Waals surface area contributed by atoms with Crippen molar-refractivity contribution >= 4 is 25.7 Å². The van der Waals surface area contributed by atoms with Crippen molar-refractivity contribution in [3.05, 3.63) is 122 Å². The summed E-state index contributed by atoms with van der Waals surface area (Å²) in [6.07, 6.45) is 70.2. The van der Waals surface area contributed by atoms with Crippen molar-refractivity contribution in [1.82, 2.24) is 0 Å². The van der Waals surface area contributed by atoms with Crippen molar-refractivity contribution in [2.24, 2.45) is 0 Å². The molecule has 0 bridgehead atoms. The molecule has 2 N–H and O–H groups in total. The van der Waals surface area contributed by atoms with Gasteiger partial charge in [-0.15, -0.1) is 0 Å². The first-order valence-electron chi connectivity index (χ1n) is 29.4. The fourth-order valence-corrected chi connectivity index (χ4v) is 8.26. The number of carbonyl (C=O) groups is 3. The van der Waals surface area contributed by atoms with Crippen LogP contribution < -0.4 is 0 Å². The van der Waals surface area contributed by atoms with Crippen LogP contribution in [-0.2, 0) is 42.2 Å². The molecule has 0 amide bonds. The van der Waals surface area contributed by atoms with Gasteiger partial charge in [0.25, 0.3) is 0 Å². The molecule has 3 unspecified atom stereocenters.